The van der Waals surface area contributed by atoms with Gasteiger partial charge in [-0.1, -0.05) is 6.07 Å². The molecule has 0 amide bonds. The number of anilines is 2. The fourth-order valence-corrected chi connectivity index (χ4v) is 5.08. The van der Waals surface area contributed by atoms with E-state index in [1.165, 1.54) is 36.3 Å². The first-order valence-corrected chi connectivity index (χ1v) is 14.0. The maximum atomic E-state index is 12.1. The third kappa shape index (κ3) is 6.00. The van der Waals surface area contributed by atoms with Gasteiger partial charge in [0.2, 0.25) is 16.5 Å². The fraction of sp³-hybridized carbons (Fsp3) is 0.0952. The minimum absolute atomic E-state index is 0.0607. The first-order chi connectivity index (χ1) is 18.2. The lowest BCUT2D eigenvalue weighted by molar-refractivity contribution is 0.412. The summed E-state index contributed by atoms with van der Waals surface area (Å²) in [6.45, 7) is 0. The molecule has 4 aromatic rings. The average molecular weight is 615 g/mol. The number of aromatic hydroxyl groups is 1. The van der Waals surface area contributed by atoms with Gasteiger partial charge in [-0.15, -0.1) is 10.2 Å². The van der Waals surface area contributed by atoms with Crippen molar-refractivity contribution in [3.63, 3.8) is 0 Å². The van der Waals surface area contributed by atoms with E-state index in [4.69, 9.17) is 27.9 Å². The quantitative estimate of drug-likeness (QED) is 0.191. The Morgan fingerprint density at radius 3 is 2.10 bits per heavy atom. The van der Waals surface area contributed by atoms with E-state index < -0.39 is 47.2 Å². The molecular weight excluding hydrogens is 599 g/mol. The zero-order chi connectivity index (χ0) is 28.7. The van der Waals surface area contributed by atoms with Gasteiger partial charge in [-0.05, 0) is 58.9 Å². The van der Waals surface area contributed by atoms with E-state index in [9.17, 15) is 31.0 Å². The Labute approximate surface area is 231 Å². The van der Waals surface area contributed by atoms with Gasteiger partial charge in [-0.2, -0.15) is 31.8 Å². The number of methoxy groups -OCH3 is 1. The van der Waals surface area contributed by atoms with Gasteiger partial charge in [-0.3, -0.25) is 9.11 Å². The van der Waals surface area contributed by atoms with Crippen molar-refractivity contribution < 1.29 is 35.8 Å². The molecule has 0 aliphatic carbocycles. The first-order valence-electron chi connectivity index (χ1n) is 10.3. The number of phenols is 1. The van der Waals surface area contributed by atoms with Crippen molar-refractivity contribution >= 4 is 77.2 Å². The van der Waals surface area contributed by atoms with Crippen LogP contribution >= 0.6 is 23.2 Å². The lowest BCUT2D eigenvalue weighted by Crippen LogP contribution is -2.13. The van der Waals surface area contributed by atoms with Crippen LogP contribution < -0.4 is 9.64 Å². The van der Waals surface area contributed by atoms with Crippen LogP contribution in [-0.2, 0) is 20.2 Å². The molecule has 0 spiro atoms. The molecule has 0 radical (unpaired) electrons. The van der Waals surface area contributed by atoms with Crippen LogP contribution in [0.3, 0.4) is 0 Å². The summed E-state index contributed by atoms with van der Waals surface area (Å²) in [7, 11) is -6.92. The number of phenolic OH excluding ortho intramolecular Hbond substituents is 1. The molecule has 4 rings (SSSR count). The van der Waals surface area contributed by atoms with Gasteiger partial charge in [0.25, 0.3) is 20.2 Å². The number of benzene rings is 3. The van der Waals surface area contributed by atoms with E-state index in [1.807, 2.05) is 0 Å². The molecule has 0 saturated heterocycles. The van der Waals surface area contributed by atoms with Crippen LogP contribution in [0.4, 0.5) is 23.0 Å². The largest absolute Gasteiger partial charge is 0.505 e. The van der Waals surface area contributed by atoms with E-state index in [0.717, 1.165) is 18.2 Å². The fourth-order valence-electron chi connectivity index (χ4n) is 3.43. The normalized spacial score (nSPS) is 12.3. The summed E-state index contributed by atoms with van der Waals surface area (Å²) in [4.78, 5) is 11.6. The van der Waals surface area contributed by atoms with Crippen LogP contribution in [0.25, 0.3) is 10.8 Å². The van der Waals surface area contributed by atoms with Crippen molar-refractivity contribution in [2.75, 3.05) is 19.1 Å². The van der Waals surface area contributed by atoms with E-state index in [2.05, 4.69) is 25.2 Å². The lowest BCUT2D eigenvalue weighted by Gasteiger charge is -2.18. The molecule has 0 bridgehead atoms. The van der Waals surface area contributed by atoms with Crippen molar-refractivity contribution in [2.24, 2.45) is 10.2 Å². The van der Waals surface area contributed by atoms with Gasteiger partial charge in [0.15, 0.2) is 5.75 Å². The SMILES string of the molecule is COc1ccc(/N=N/c2c(S(=O)(=O)O)cc3ccc(N(C)c4nc(Cl)nc(Cl)n4)cc3c2O)c(S(=O)(=O)O)c1. The van der Waals surface area contributed by atoms with Gasteiger partial charge in [0.1, 0.15) is 26.9 Å². The molecule has 39 heavy (non-hydrogen) atoms. The predicted molar refractivity (Wildman–Crippen MR) is 140 cm³/mol. The van der Waals surface area contributed by atoms with Gasteiger partial charge in [0.05, 0.1) is 7.11 Å². The molecule has 3 N–H and O–H groups in total. The molecule has 1 heterocycles. The number of ether oxygens (including phenoxy) is 1. The number of hydrogen-bond acceptors (Lipinski definition) is 12. The second-order valence-electron chi connectivity index (χ2n) is 7.69. The van der Waals surface area contributed by atoms with Crippen molar-refractivity contribution in [1.82, 2.24) is 15.0 Å². The summed E-state index contributed by atoms with van der Waals surface area (Å²) in [6.07, 6.45) is 0. The highest BCUT2D eigenvalue weighted by atomic mass is 35.5. The van der Waals surface area contributed by atoms with Crippen molar-refractivity contribution in [3.05, 3.63) is 53.0 Å². The van der Waals surface area contributed by atoms with Crippen molar-refractivity contribution in [1.29, 1.82) is 0 Å². The summed E-state index contributed by atoms with van der Waals surface area (Å²) >= 11 is 11.7. The van der Waals surface area contributed by atoms with Crippen molar-refractivity contribution in [3.8, 4) is 11.5 Å². The monoisotopic (exact) mass is 614 g/mol. The molecule has 0 saturated carbocycles. The molecule has 0 aliphatic heterocycles. The number of rotatable bonds is 7. The number of halogens is 2. The van der Waals surface area contributed by atoms with Crippen LogP contribution in [0.15, 0.2) is 62.5 Å². The molecule has 1 aromatic heterocycles. The van der Waals surface area contributed by atoms with Crippen LogP contribution in [0.5, 0.6) is 11.5 Å². The highest BCUT2D eigenvalue weighted by molar-refractivity contribution is 7.86. The van der Waals surface area contributed by atoms with Gasteiger partial charge in [0, 0.05) is 24.2 Å². The van der Waals surface area contributed by atoms with Crippen LogP contribution in [0.1, 0.15) is 0 Å². The Balaban J connectivity index is 1.90. The Kier molecular flexibility index (Phi) is 7.61. The molecule has 14 nitrogen and oxygen atoms in total. The topological polar surface area (TPSA) is 205 Å². The summed E-state index contributed by atoms with van der Waals surface area (Å²) in [5.41, 5.74) is -0.716. The molecule has 0 fully saturated rings. The van der Waals surface area contributed by atoms with Crippen LogP contribution in [0.2, 0.25) is 10.6 Å². The molecule has 0 atom stereocenters. The number of aromatic nitrogens is 3. The highest BCUT2D eigenvalue weighted by Gasteiger charge is 2.24. The lowest BCUT2D eigenvalue weighted by atomic mass is 10.1. The molecule has 0 unspecified atom stereocenters. The third-order valence-corrected chi connectivity index (χ3v) is 7.36. The van der Waals surface area contributed by atoms with E-state index in [-0.39, 0.29) is 33.0 Å². The molecule has 18 heteroatoms. The van der Waals surface area contributed by atoms with E-state index in [0.29, 0.717) is 5.69 Å². The Bertz CT molecular complexity index is 1850. The third-order valence-electron chi connectivity index (χ3n) is 5.27. The second kappa shape index (κ2) is 10.5. The number of fused-ring (bicyclic) bond motifs is 1. The Morgan fingerprint density at radius 1 is 0.872 bits per heavy atom. The number of azo groups is 1. The average Bonchev–Trinajstić information content (AvgIpc) is 2.85. The standard InChI is InChI=1S/C21H16Cl2N6O8S2/c1-29(21-25-19(22)24-20(23)26-21)11-4-3-10-7-16(39(34,35)36)17(18(30)13(10)8-11)28-27-14-6-5-12(37-2)9-15(14)38(31,32)33/h3-9,30H,1-2H3,(H,31,32,33)(H,34,35,36)/b28-27+. The predicted octanol–water partition coefficient (Wildman–Crippen LogP) is 4.72. The van der Waals surface area contributed by atoms with Crippen LogP contribution in [-0.4, -0.2) is 60.2 Å². The highest BCUT2D eigenvalue weighted by Crippen LogP contribution is 2.43. The Hall–Kier alpha value is -3.67. The zero-order valence-corrected chi connectivity index (χ0v) is 22.8. The molecule has 0 aliphatic rings. The summed E-state index contributed by atoms with van der Waals surface area (Å²) < 4.78 is 72.3. The molecule has 3 aromatic carbocycles. The van der Waals surface area contributed by atoms with E-state index in [1.54, 1.807) is 7.05 Å². The smallest absolute Gasteiger partial charge is 0.296 e. The summed E-state index contributed by atoms with van der Waals surface area (Å²) in [5, 5.41) is 18.4. The van der Waals surface area contributed by atoms with Gasteiger partial charge in [-0.25, -0.2) is 0 Å². The van der Waals surface area contributed by atoms with E-state index >= 15 is 0 Å². The van der Waals surface area contributed by atoms with Crippen LogP contribution in [0, 0.1) is 0 Å². The molecule has 204 valence electrons. The summed E-state index contributed by atoms with van der Waals surface area (Å²) in [6, 6.07) is 8.87. The maximum Gasteiger partial charge on any atom is 0.296 e. The Morgan fingerprint density at radius 2 is 1.51 bits per heavy atom. The van der Waals surface area contributed by atoms with Gasteiger partial charge >= 0.3 is 0 Å². The second-order valence-corrected chi connectivity index (χ2v) is 11.1. The van der Waals surface area contributed by atoms with Crippen molar-refractivity contribution in [2.45, 2.75) is 9.79 Å². The summed E-state index contributed by atoms with van der Waals surface area (Å²) in [5.74, 6) is -0.579. The van der Waals surface area contributed by atoms with Gasteiger partial charge < -0.3 is 14.7 Å². The number of nitrogens with zero attached hydrogens (tertiary/aromatic N) is 6. The zero-order valence-electron chi connectivity index (χ0n) is 19.7. The number of hydrogen-bond donors (Lipinski definition) is 3. The maximum absolute atomic E-state index is 12.1. The minimum atomic E-state index is -4.95. The molecular formula is C21H16Cl2N6O8S2. The minimum Gasteiger partial charge on any atom is -0.505 e. The first kappa shape index (κ1) is 28.3.